The number of likely N-dealkylation sites (tertiary alicyclic amines) is 1. The lowest BCUT2D eigenvalue weighted by Gasteiger charge is -2.18. The summed E-state index contributed by atoms with van der Waals surface area (Å²) in [6.07, 6.45) is -4.66. The van der Waals surface area contributed by atoms with Gasteiger partial charge in [-0.3, -0.25) is 9.59 Å². The standard InChI is InChI=1S/C16H18F3NO5/c17-16(18,19)13-9-20(8-12(13)15(22)23)14(21)10-24-6-7-25-11-4-2-1-3-5-11/h1-5,12-13H,6-10H2,(H,22,23)/t12-,13-/m1/s1. The van der Waals surface area contributed by atoms with Gasteiger partial charge in [0.2, 0.25) is 5.91 Å². The number of aliphatic carboxylic acids is 1. The number of carboxylic acids is 1. The van der Waals surface area contributed by atoms with Crippen LogP contribution in [-0.2, 0) is 14.3 Å². The number of hydrogen-bond acceptors (Lipinski definition) is 4. The molecule has 0 saturated carbocycles. The van der Waals surface area contributed by atoms with Gasteiger partial charge in [-0.2, -0.15) is 13.2 Å². The number of alkyl halides is 3. The molecular formula is C16H18F3NO5. The number of ether oxygens (including phenoxy) is 2. The zero-order chi connectivity index (χ0) is 18.4. The Labute approximate surface area is 142 Å². The van der Waals surface area contributed by atoms with Crippen LogP contribution in [0.1, 0.15) is 0 Å². The number of para-hydroxylation sites is 1. The first-order valence-corrected chi connectivity index (χ1v) is 7.62. The molecule has 1 saturated heterocycles. The molecule has 1 fully saturated rings. The average molecular weight is 361 g/mol. The van der Waals surface area contributed by atoms with Crippen molar-refractivity contribution >= 4 is 11.9 Å². The van der Waals surface area contributed by atoms with Crippen LogP contribution in [0.2, 0.25) is 0 Å². The summed E-state index contributed by atoms with van der Waals surface area (Å²) >= 11 is 0. The van der Waals surface area contributed by atoms with Gasteiger partial charge in [0.1, 0.15) is 19.0 Å². The highest BCUT2D eigenvalue weighted by atomic mass is 19.4. The van der Waals surface area contributed by atoms with E-state index in [1.165, 1.54) is 0 Å². The number of nitrogens with zero attached hydrogens (tertiary/aromatic N) is 1. The monoisotopic (exact) mass is 361 g/mol. The molecule has 1 heterocycles. The fourth-order valence-electron chi connectivity index (χ4n) is 2.58. The van der Waals surface area contributed by atoms with Gasteiger partial charge in [-0.25, -0.2) is 0 Å². The van der Waals surface area contributed by atoms with Gasteiger partial charge in [0, 0.05) is 13.1 Å². The average Bonchev–Trinajstić information content (AvgIpc) is 3.01. The number of halogens is 3. The minimum absolute atomic E-state index is 0.0829. The molecule has 1 aromatic carbocycles. The Morgan fingerprint density at radius 1 is 1.16 bits per heavy atom. The molecule has 1 N–H and O–H groups in total. The SMILES string of the molecule is O=C(O)[C@@H]1CN(C(=O)COCCOc2ccccc2)C[C@H]1C(F)(F)F. The zero-order valence-electron chi connectivity index (χ0n) is 13.2. The zero-order valence-corrected chi connectivity index (χ0v) is 13.2. The summed E-state index contributed by atoms with van der Waals surface area (Å²) in [4.78, 5) is 23.8. The molecule has 2 rings (SSSR count). The maximum atomic E-state index is 12.9. The molecule has 0 unspecified atom stereocenters. The number of carboxylic acid groups (broad SMARTS) is 1. The molecule has 1 aliphatic rings. The summed E-state index contributed by atoms with van der Waals surface area (Å²) in [5.74, 6) is -5.30. The molecule has 0 aliphatic carbocycles. The van der Waals surface area contributed by atoms with Crippen LogP contribution in [0.5, 0.6) is 5.75 Å². The molecule has 0 radical (unpaired) electrons. The molecule has 0 bridgehead atoms. The highest BCUT2D eigenvalue weighted by Gasteiger charge is 2.53. The lowest BCUT2D eigenvalue weighted by atomic mass is 9.96. The number of hydrogen-bond donors (Lipinski definition) is 1. The summed E-state index contributed by atoms with van der Waals surface area (Å²) < 4.78 is 49.1. The van der Waals surface area contributed by atoms with Crippen LogP contribution in [0.15, 0.2) is 30.3 Å². The summed E-state index contributed by atoms with van der Waals surface area (Å²) in [6, 6.07) is 8.92. The van der Waals surface area contributed by atoms with E-state index in [0.717, 1.165) is 4.90 Å². The fraction of sp³-hybridized carbons (Fsp3) is 0.500. The molecule has 25 heavy (non-hydrogen) atoms. The van der Waals surface area contributed by atoms with E-state index in [1.54, 1.807) is 24.3 Å². The van der Waals surface area contributed by atoms with Crippen LogP contribution in [-0.4, -0.2) is 61.0 Å². The minimum Gasteiger partial charge on any atom is -0.491 e. The normalized spacial score (nSPS) is 20.5. The van der Waals surface area contributed by atoms with Crippen LogP contribution in [0, 0.1) is 11.8 Å². The molecule has 9 heteroatoms. The third kappa shape index (κ3) is 5.35. The lowest BCUT2D eigenvalue weighted by Crippen LogP contribution is -2.35. The van der Waals surface area contributed by atoms with Gasteiger partial charge < -0.3 is 19.5 Å². The Kier molecular flexibility index (Phi) is 6.24. The number of rotatable bonds is 7. The van der Waals surface area contributed by atoms with E-state index in [2.05, 4.69) is 0 Å². The van der Waals surface area contributed by atoms with Crippen molar-refractivity contribution in [3.8, 4) is 5.75 Å². The second-order valence-electron chi connectivity index (χ2n) is 5.61. The Bertz CT molecular complexity index is 593. The Balaban J connectivity index is 1.74. The summed E-state index contributed by atoms with van der Waals surface area (Å²) in [5.41, 5.74) is 0. The fourth-order valence-corrected chi connectivity index (χ4v) is 2.58. The summed E-state index contributed by atoms with van der Waals surface area (Å²) in [7, 11) is 0. The minimum atomic E-state index is -4.66. The van der Waals surface area contributed by atoms with Crippen molar-refractivity contribution in [3.63, 3.8) is 0 Å². The molecule has 1 aromatic rings. The Morgan fingerprint density at radius 2 is 1.84 bits per heavy atom. The van der Waals surface area contributed by atoms with Crippen molar-refractivity contribution in [2.75, 3.05) is 32.9 Å². The molecule has 1 aliphatic heterocycles. The first-order valence-electron chi connectivity index (χ1n) is 7.62. The van der Waals surface area contributed by atoms with Crippen LogP contribution in [0.4, 0.5) is 13.2 Å². The van der Waals surface area contributed by atoms with Crippen molar-refractivity contribution in [3.05, 3.63) is 30.3 Å². The molecule has 0 aromatic heterocycles. The molecule has 2 atom stereocenters. The van der Waals surface area contributed by atoms with Crippen LogP contribution in [0.25, 0.3) is 0 Å². The van der Waals surface area contributed by atoms with Crippen molar-refractivity contribution in [1.82, 2.24) is 4.90 Å². The van der Waals surface area contributed by atoms with E-state index in [0.29, 0.717) is 5.75 Å². The third-order valence-electron chi connectivity index (χ3n) is 3.88. The molecule has 1 amide bonds. The number of carbonyl (C=O) groups excluding carboxylic acids is 1. The lowest BCUT2D eigenvalue weighted by molar-refractivity contribution is -0.188. The predicted molar refractivity (Wildman–Crippen MR) is 80.0 cm³/mol. The maximum absolute atomic E-state index is 12.9. The highest BCUT2D eigenvalue weighted by Crippen LogP contribution is 2.37. The Morgan fingerprint density at radius 3 is 2.40 bits per heavy atom. The van der Waals surface area contributed by atoms with E-state index in [-0.39, 0.29) is 13.2 Å². The quantitative estimate of drug-likeness (QED) is 0.750. The van der Waals surface area contributed by atoms with Gasteiger partial charge in [0.05, 0.1) is 18.4 Å². The van der Waals surface area contributed by atoms with Crippen LogP contribution < -0.4 is 4.74 Å². The first kappa shape index (κ1) is 19.0. The van der Waals surface area contributed by atoms with Crippen LogP contribution in [0.3, 0.4) is 0 Å². The van der Waals surface area contributed by atoms with Crippen molar-refractivity contribution in [2.24, 2.45) is 11.8 Å². The van der Waals surface area contributed by atoms with E-state index in [4.69, 9.17) is 14.6 Å². The third-order valence-corrected chi connectivity index (χ3v) is 3.88. The molecule has 6 nitrogen and oxygen atoms in total. The first-order chi connectivity index (χ1) is 11.8. The van der Waals surface area contributed by atoms with E-state index in [9.17, 15) is 22.8 Å². The maximum Gasteiger partial charge on any atom is 0.394 e. The van der Waals surface area contributed by atoms with Crippen LogP contribution >= 0.6 is 0 Å². The molecular weight excluding hydrogens is 343 g/mol. The smallest absolute Gasteiger partial charge is 0.394 e. The van der Waals surface area contributed by atoms with Gasteiger partial charge in [-0.05, 0) is 12.1 Å². The van der Waals surface area contributed by atoms with Gasteiger partial charge in [0.25, 0.3) is 0 Å². The summed E-state index contributed by atoms with van der Waals surface area (Å²) in [5, 5.41) is 8.92. The van der Waals surface area contributed by atoms with Gasteiger partial charge in [0.15, 0.2) is 0 Å². The second kappa shape index (κ2) is 8.19. The van der Waals surface area contributed by atoms with Crippen molar-refractivity contribution in [1.29, 1.82) is 0 Å². The van der Waals surface area contributed by atoms with E-state index >= 15 is 0 Å². The van der Waals surface area contributed by atoms with Gasteiger partial charge in [-0.15, -0.1) is 0 Å². The highest BCUT2D eigenvalue weighted by molar-refractivity contribution is 5.80. The Hall–Kier alpha value is -2.29. The number of benzene rings is 1. The van der Waals surface area contributed by atoms with Crippen molar-refractivity contribution < 1.29 is 37.3 Å². The van der Waals surface area contributed by atoms with E-state index in [1.807, 2.05) is 6.07 Å². The predicted octanol–water partition coefficient (Wildman–Crippen LogP) is 1.80. The largest absolute Gasteiger partial charge is 0.491 e. The van der Waals surface area contributed by atoms with Gasteiger partial charge in [-0.1, -0.05) is 18.2 Å². The molecule has 0 spiro atoms. The topological polar surface area (TPSA) is 76.1 Å². The van der Waals surface area contributed by atoms with E-state index < -0.39 is 49.6 Å². The number of carbonyl (C=O) groups is 2. The van der Waals surface area contributed by atoms with Gasteiger partial charge >= 0.3 is 12.1 Å². The number of amides is 1. The second-order valence-corrected chi connectivity index (χ2v) is 5.61. The summed E-state index contributed by atoms with van der Waals surface area (Å²) in [6.45, 7) is -1.29. The molecule has 138 valence electrons. The van der Waals surface area contributed by atoms with Crippen molar-refractivity contribution in [2.45, 2.75) is 6.18 Å².